The van der Waals surface area contributed by atoms with E-state index in [0.717, 1.165) is 19.3 Å². The number of ether oxygens (including phenoxy) is 2. The zero-order valence-electron chi connectivity index (χ0n) is 34.2. The zero-order chi connectivity index (χ0) is 40.6. The number of hydrogen-bond donors (Lipinski definition) is 4. The summed E-state index contributed by atoms with van der Waals surface area (Å²) in [6.07, 6.45) is 12.0. The molecule has 2 amide bonds. The number of amides is 2. The number of carbonyl (C=O) groups is 2. The molecule has 1 atom stereocenters. The summed E-state index contributed by atoms with van der Waals surface area (Å²) >= 11 is -2.97. The van der Waals surface area contributed by atoms with Crippen LogP contribution >= 0.6 is 0 Å². The number of fused-ring (bicyclic) bond motifs is 2. The van der Waals surface area contributed by atoms with Crippen LogP contribution in [0.15, 0.2) is 83.0 Å². The van der Waals surface area contributed by atoms with Gasteiger partial charge in [-0.2, -0.15) is 23.3 Å². The van der Waals surface area contributed by atoms with Gasteiger partial charge in [-0.3, -0.25) is 9.59 Å². The van der Waals surface area contributed by atoms with Gasteiger partial charge < -0.3 is 39.1 Å². The van der Waals surface area contributed by atoms with Crippen LogP contribution < -0.4 is 83.4 Å². The number of nitrogens with one attached hydrogen (secondary N) is 2. The number of aromatic hydroxyl groups is 2. The molecule has 5 aromatic rings. The fourth-order valence-electron chi connectivity index (χ4n) is 6.42. The van der Waals surface area contributed by atoms with Crippen molar-refractivity contribution >= 4 is 61.8 Å². The minimum atomic E-state index is -2.97. The largest absolute Gasteiger partial charge is 1.00 e. The molecule has 0 fully saturated rings. The van der Waals surface area contributed by atoms with Crippen molar-refractivity contribution in [1.82, 2.24) is 5.32 Å². The molecule has 0 saturated heterocycles. The van der Waals surface area contributed by atoms with Gasteiger partial charge in [-0.05, 0) is 36.8 Å². The Bertz CT molecular complexity index is 2210. The second-order valence-corrected chi connectivity index (χ2v) is 14.1. The van der Waals surface area contributed by atoms with Crippen molar-refractivity contribution < 1.29 is 101 Å². The summed E-state index contributed by atoms with van der Waals surface area (Å²) in [6.45, 7) is 4.35. The normalized spacial score (nSPS) is 11.4. The molecule has 0 saturated carbocycles. The van der Waals surface area contributed by atoms with Crippen LogP contribution in [0.5, 0.6) is 28.7 Å². The molecule has 4 N–H and O–H groups in total. The maximum absolute atomic E-state index is 13.1. The average molecular weight is 843 g/mol. The van der Waals surface area contributed by atoms with E-state index >= 15 is 0 Å². The minimum Gasteiger partial charge on any atom is -0.740 e. The van der Waals surface area contributed by atoms with Crippen LogP contribution in [-0.4, -0.2) is 50.5 Å². The molecule has 16 heteroatoms. The van der Waals surface area contributed by atoms with E-state index in [9.17, 15) is 28.6 Å². The average Bonchev–Trinajstić information content (AvgIpc) is 3.19. The molecule has 0 aliphatic rings. The number of azo groups is 1. The molecule has 0 aromatic heterocycles. The Balaban J connectivity index is 0.00000465. The van der Waals surface area contributed by atoms with Gasteiger partial charge >= 0.3 is 59.1 Å². The van der Waals surface area contributed by atoms with Crippen molar-refractivity contribution in [1.29, 1.82) is 0 Å². The molecule has 13 nitrogen and oxygen atoms in total. The molecule has 5 aromatic carbocycles. The monoisotopic (exact) mass is 842 g/mol. The number of phenolic OH excluding ortho intramolecular Hbond substituents is 2. The summed E-state index contributed by atoms with van der Waals surface area (Å²) in [5.41, 5.74) is 0.474. The van der Waals surface area contributed by atoms with Crippen LogP contribution in [0.2, 0.25) is 0 Å². The summed E-state index contributed by atoms with van der Waals surface area (Å²) in [4.78, 5) is 24.9. The standard InChI is InChI=1S/C43H49N4O9S.2Na/c1-3-4-5-6-7-8-9-10-11-14-24-44-43(51)35-28-37(33-17-12-13-18-34(33)41(35)49)55-26-25-54-32-22-20-31(21-23-32)46-47-40-38(56-57(52)53)27-30-16-15-19-36(45-29(2)48)39(30)42(40)50;;/h12-13,16-23,27-28,49-50H,3-11,14,24-26H2,1-2H3,(H,44,51)(H,45,48)(H,52,53);;/q-1;2*+1/p-1. The maximum atomic E-state index is 13.1. The molecular weight excluding hydrogens is 795 g/mol. The SMILES string of the molecule is CCCCCCCCCCCCNC(=O)c1cc(OCCOc2ccc(N=Nc3c(OS(=O)[O-])cc4c[c-]cc(NC(C)=O)c4c3O)cc2)c2ccccc2c1O.[Na+].[Na+]. The van der Waals surface area contributed by atoms with Crippen molar-refractivity contribution in [2.45, 2.75) is 78.1 Å². The first-order valence-corrected chi connectivity index (χ1v) is 20.2. The number of anilines is 1. The summed E-state index contributed by atoms with van der Waals surface area (Å²) in [6, 6.07) is 22.4. The number of carbonyl (C=O) groups excluding carboxylic acids is 2. The number of benzene rings is 5. The van der Waals surface area contributed by atoms with Gasteiger partial charge in [0, 0.05) is 24.2 Å². The van der Waals surface area contributed by atoms with Crippen molar-refractivity contribution in [2.75, 3.05) is 25.1 Å². The smallest absolute Gasteiger partial charge is 0.740 e. The Morgan fingerprint density at radius 2 is 1.44 bits per heavy atom. The van der Waals surface area contributed by atoms with E-state index in [4.69, 9.17) is 13.7 Å². The van der Waals surface area contributed by atoms with Gasteiger partial charge in [0.1, 0.15) is 47.6 Å². The predicted octanol–water partition coefficient (Wildman–Crippen LogP) is 3.87. The third-order valence-electron chi connectivity index (χ3n) is 9.22. The van der Waals surface area contributed by atoms with E-state index in [2.05, 4.69) is 33.9 Å². The Hall–Kier alpha value is -3.73. The van der Waals surface area contributed by atoms with E-state index in [0.29, 0.717) is 39.9 Å². The Labute approximate surface area is 391 Å². The predicted molar refractivity (Wildman–Crippen MR) is 220 cm³/mol. The van der Waals surface area contributed by atoms with E-state index in [1.165, 1.54) is 70.1 Å². The number of rotatable bonds is 22. The summed E-state index contributed by atoms with van der Waals surface area (Å²) in [5.74, 6) is -0.630. The van der Waals surface area contributed by atoms with Crippen LogP contribution in [0, 0.1) is 6.07 Å². The van der Waals surface area contributed by atoms with Gasteiger partial charge in [-0.1, -0.05) is 106 Å². The Kier molecular flexibility index (Phi) is 21.7. The van der Waals surface area contributed by atoms with Crippen LogP contribution in [0.25, 0.3) is 21.5 Å². The van der Waals surface area contributed by atoms with Crippen LogP contribution in [0.4, 0.5) is 17.1 Å². The van der Waals surface area contributed by atoms with Gasteiger partial charge in [0.05, 0.1) is 11.3 Å². The van der Waals surface area contributed by atoms with E-state index in [1.54, 1.807) is 42.5 Å². The van der Waals surface area contributed by atoms with Gasteiger partial charge in [0.25, 0.3) is 5.91 Å². The molecule has 59 heavy (non-hydrogen) atoms. The van der Waals surface area contributed by atoms with Gasteiger partial charge in [0.15, 0.2) is 11.4 Å². The molecule has 0 radical (unpaired) electrons. The molecule has 0 bridgehead atoms. The van der Waals surface area contributed by atoms with E-state index in [-0.39, 0.29) is 118 Å². The summed E-state index contributed by atoms with van der Waals surface area (Å²) in [5, 5.41) is 37.6. The molecule has 0 heterocycles. The molecular formula is C43H48N4Na2O9S. The fourth-order valence-corrected chi connectivity index (χ4v) is 6.69. The zero-order valence-corrected chi connectivity index (χ0v) is 39.0. The Morgan fingerprint density at radius 1 is 0.797 bits per heavy atom. The molecule has 1 unspecified atom stereocenters. The third-order valence-corrected chi connectivity index (χ3v) is 9.54. The second-order valence-electron chi connectivity index (χ2n) is 13.5. The van der Waals surface area contributed by atoms with Crippen molar-refractivity contribution in [3.05, 3.63) is 84.4 Å². The number of nitrogens with zero attached hydrogens (tertiary/aromatic N) is 2. The van der Waals surface area contributed by atoms with Crippen molar-refractivity contribution in [3.8, 4) is 28.7 Å². The van der Waals surface area contributed by atoms with Crippen molar-refractivity contribution in [3.63, 3.8) is 0 Å². The topological polar surface area (TPSA) is 191 Å². The van der Waals surface area contributed by atoms with Crippen LogP contribution in [-0.2, 0) is 16.2 Å². The van der Waals surface area contributed by atoms with Gasteiger partial charge in [-0.25, -0.2) is 4.21 Å². The quantitative estimate of drug-likeness (QED) is 0.0264. The first kappa shape index (κ1) is 49.6. The molecule has 0 aliphatic heterocycles. The second kappa shape index (κ2) is 25.8. The fraction of sp³-hybridized carbons (Fsp3) is 0.349. The van der Waals surface area contributed by atoms with Gasteiger partial charge in [0.2, 0.25) is 5.91 Å². The third kappa shape index (κ3) is 14.7. The first-order valence-electron chi connectivity index (χ1n) is 19.2. The van der Waals surface area contributed by atoms with Crippen LogP contribution in [0.1, 0.15) is 88.4 Å². The Morgan fingerprint density at radius 3 is 2.10 bits per heavy atom. The van der Waals surface area contributed by atoms with Gasteiger partial charge in [-0.15, -0.1) is 10.5 Å². The molecule has 302 valence electrons. The van der Waals surface area contributed by atoms with E-state index in [1.807, 2.05) is 12.1 Å². The molecule has 0 spiro atoms. The number of unbranched alkanes of at least 4 members (excludes halogenated alkanes) is 9. The number of hydrogen-bond acceptors (Lipinski definition) is 11. The summed E-state index contributed by atoms with van der Waals surface area (Å²) in [7, 11) is 0. The summed E-state index contributed by atoms with van der Waals surface area (Å²) < 4.78 is 39.6. The van der Waals surface area contributed by atoms with Crippen LogP contribution in [0.3, 0.4) is 0 Å². The number of phenols is 2. The first-order chi connectivity index (χ1) is 27.7. The maximum Gasteiger partial charge on any atom is 1.00 e. The molecule has 0 aliphatic carbocycles. The minimum absolute atomic E-state index is 0. The van der Waals surface area contributed by atoms with Crippen molar-refractivity contribution in [2.24, 2.45) is 10.2 Å². The molecule has 5 rings (SSSR count). The van der Waals surface area contributed by atoms with E-state index < -0.39 is 17.1 Å².